The number of nitrogens with one attached hydrogen (secondary N) is 3. The van der Waals surface area contributed by atoms with E-state index in [9.17, 15) is 8.78 Å². The molecule has 0 bridgehead atoms. The predicted molar refractivity (Wildman–Crippen MR) is 99.4 cm³/mol. The highest BCUT2D eigenvalue weighted by Crippen LogP contribution is 2.23. The van der Waals surface area contributed by atoms with Gasteiger partial charge in [-0.15, -0.1) is 0 Å². The average Bonchev–Trinajstić information content (AvgIpc) is 3.02. The van der Waals surface area contributed by atoms with Crippen LogP contribution in [-0.4, -0.2) is 48.3 Å². The molecule has 0 aliphatic carbocycles. The summed E-state index contributed by atoms with van der Waals surface area (Å²) in [5, 5.41) is 10.4. The minimum Gasteiger partial charge on any atom is -0.310 e. The number of allylic oxidation sites excluding steroid dienone is 1. The van der Waals surface area contributed by atoms with Gasteiger partial charge in [-0.3, -0.25) is 4.98 Å². The molecule has 0 radical (unpaired) electrons. The average molecular weight is 361 g/mol. The van der Waals surface area contributed by atoms with Crippen LogP contribution in [0.1, 0.15) is 18.9 Å². The van der Waals surface area contributed by atoms with Crippen LogP contribution in [0.2, 0.25) is 0 Å². The van der Waals surface area contributed by atoms with Crippen molar-refractivity contribution in [2.24, 2.45) is 11.0 Å². The second-order valence-electron chi connectivity index (χ2n) is 6.66. The molecule has 26 heavy (non-hydrogen) atoms. The van der Waals surface area contributed by atoms with Crippen LogP contribution in [0.25, 0.3) is 0 Å². The van der Waals surface area contributed by atoms with Crippen molar-refractivity contribution in [2.75, 3.05) is 19.6 Å². The monoisotopic (exact) mass is 361 g/mol. The lowest BCUT2D eigenvalue weighted by molar-refractivity contribution is -0.0306. The minimum atomic E-state index is -2.63. The Bertz CT molecular complexity index is 672. The number of pyridine rings is 1. The van der Waals surface area contributed by atoms with Gasteiger partial charge >= 0.3 is 0 Å². The van der Waals surface area contributed by atoms with E-state index in [1.54, 1.807) is 12.4 Å². The molecular formula is C19H25F2N5. The molecule has 3 N–H and O–H groups in total. The number of nitrogens with zero attached hydrogens (tertiary/aromatic N) is 2. The van der Waals surface area contributed by atoms with Crippen LogP contribution in [0.5, 0.6) is 0 Å². The van der Waals surface area contributed by atoms with E-state index >= 15 is 0 Å². The quantitative estimate of drug-likeness (QED) is 0.679. The fourth-order valence-electron chi connectivity index (χ4n) is 3.36. The number of hydrazone groups is 1. The molecule has 0 aromatic carbocycles. The summed E-state index contributed by atoms with van der Waals surface area (Å²) in [6, 6.07) is 3.74. The van der Waals surface area contributed by atoms with E-state index in [-0.39, 0.29) is 31.0 Å². The van der Waals surface area contributed by atoms with Crippen molar-refractivity contribution in [2.45, 2.75) is 31.4 Å². The number of aromatic nitrogens is 1. The van der Waals surface area contributed by atoms with Crippen LogP contribution in [0, 0.1) is 5.92 Å². The topological polar surface area (TPSA) is 61.3 Å². The smallest absolute Gasteiger partial charge is 0.261 e. The van der Waals surface area contributed by atoms with Gasteiger partial charge in [-0.05, 0) is 19.1 Å². The van der Waals surface area contributed by atoms with Crippen molar-refractivity contribution in [3.05, 3.63) is 54.4 Å². The zero-order chi connectivity index (χ0) is 18.4. The van der Waals surface area contributed by atoms with Gasteiger partial charge in [-0.25, -0.2) is 8.78 Å². The summed E-state index contributed by atoms with van der Waals surface area (Å²) in [5.41, 5.74) is 5.14. The van der Waals surface area contributed by atoms with E-state index in [1.807, 2.05) is 31.2 Å². The predicted octanol–water partition coefficient (Wildman–Crippen LogP) is 2.09. The second-order valence-corrected chi connectivity index (χ2v) is 6.66. The number of hydrogen-bond donors (Lipinski definition) is 3. The summed E-state index contributed by atoms with van der Waals surface area (Å²) >= 11 is 0. The molecule has 5 nitrogen and oxygen atoms in total. The van der Waals surface area contributed by atoms with Crippen LogP contribution in [0.4, 0.5) is 8.78 Å². The van der Waals surface area contributed by atoms with Crippen LogP contribution in [-0.2, 0) is 0 Å². The molecule has 1 fully saturated rings. The number of rotatable bonds is 6. The van der Waals surface area contributed by atoms with E-state index in [2.05, 4.69) is 38.3 Å². The summed E-state index contributed by atoms with van der Waals surface area (Å²) < 4.78 is 26.9. The van der Waals surface area contributed by atoms with Gasteiger partial charge in [0.05, 0.1) is 18.3 Å². The normalized spacial score (nSPS) is 28.4. The Balaban J connectivity index is 1.61. The van der Waals surface area contributed by atoms with Crippen LogP contribution in [0.15, 0.2) is 53.9 Å². The van der Waals surface area contributed by atoms with Crippen LogP contribution >= 0.6 is 0 Å². The SMILES string of the molecule is C/C=C\C1NN=C(c2ccncc2)C1/C=C/CNC1CNCC(F)(F)C1. The number of piperidine rings is 1. The molecule has 0 amide bonds. The van der Waals surface area contributed by atoms with Crippen molar-refractivity contribution in [3.63, 3.8) is 0 Å². The van der Waals surface area contributed by atoms with E-state index in [4.69, 9.17) is 0 Å². The zero-order valence-electron chi connectivity index (χ0n) is 14.8. The van der Waals surface area contributed by atoms with Gasteiger partial charge in [-0.1, -0.05) is 24.3 Å². The maximum atomic E-state index is 13.4. The molecule has 0 saturated carbocycles. The van der Waals surface area contributed by atoms with E-state index in [0.717, 1.165) is 11.3 Å². The van der Waals surface area contributed by atoms with Crippen molar-refractivity contribution in [1.29, 1.82) is 0 Å². The standard InChI is InChI=1S/C19H25F2N5/c1-2-4-17-16(18(26-25-17)14-6-9-22-10-7-14)5-3-8-24-15-11-19(20,21)13-23-12-15/h2-7,9-10,15-17,23-25H,8,11-13H2,1H3/b4-2-,5-3+. The van der Waals surface area contributed by atoms with Gasteiger partial charge in [0.2, 0.25) is 0 Å². The van der Waals surface area contributed by atoms with Crippen molar-refractivity contribution >= 4 is 5.71 Å². The highest BCUT2D eigenvalue weighted by atomic mass is 19.3. The Morgan fingerprint density at radius 1 is 1.31 bits per heavy atom. The molecular weight excluding hydrogens is 336 g/mol. The third-order valence-corrected chi connectivity index (χ3v) is 4.60. The fourth-order valence-corrected chi connectivity index (χ4v) is 3.36. The zero-order valence-corrected chi connectivity index (χ0v) is 14.8. The maximum Gasteiger partial charge on any atom is 0.261 e. The van der Waals surface area contributed by atoms with Gasteiger partial charge in [-0.2, -0.15) is 5.10 Å². The van der Waals surface area contributed by atoms with Crippen molar-refractivity contribution in [3.8, 4) is 0 Å². The summed E-state index contributed by atoms with van der Waals surface area (Å²) in [4.78, 5) is 4.05. The molecule has 7 heteroatoms. The van der Waals surface area contributed by atoms with E-state index in [0.29, 0.717) is 13.1 Å². The first-order valence-corrected chi connectivity index (χ1v) is 8.94. The van der Waals surface area contributed by atoms with Crippen molar-refractivity contribution < 1.29 is 8.78 Å². The molecule has 1 aromatic rings. The fraction of sp³-hybridized carbons (Fsp3) is 0.474. The van der Waals surface area contributed by atoms with E-state index < -0.39 is 5.92 Å². The molecule has 1 aromatic heterocycles. The Kier molecular flexibility index (Phi) is 6.11. The summed E-state index contributed by atoms with van der Waals surface area (Å²) in [6.45, 7) is 2.86. The number of halogens is 2. The Labute approximate surface area is 152 Å². The first-order chi connectivity index (χ1) is 12.6. The summed E-state index contributed by atoms with van der Waals surface area (Å²) in [6.07, 6.45) is 11.5. The molecule has 2 aliphatic rings. The van der Waals surface area contributed by atoms with Gasteiger partial charge in [0, 0.05) is 49.4 Å². The second kappa shape index (κ2) is 8.51. The lowest BCUT2D eigenvalue weighted by Gasteiger charge is -2.30. The summed E-state index contributed by atoms with van der Waals surface area (Å²) in [7, 11) is 0. The Morgan fingerprint density at radius 2 is 2.12 bits per heavy atom. The largest absolute Gasteiger partial charge is 0.310 e. The van der Waals surface area contributed by atoms with Gasteiger partial charge in [0.25, 0.3) is 5.92 Å². The van der Waals surface area contributed by atoms with Crippen LogP contribution in [0.3, 0.4) is 0 Å². The van der Waals surface area contributed by atoms with Gasteiger partial charge in [0.15, 0.2) is 0 Å². The molecule has 140 valence electrons. The Hall–Kier alpha value is -2.12. The van der Waals surface area contributed by atoms with Gasteiger partial charge in [0.1, 0.15) is 0 Å². The molecule has 3 heterocycles. The third kappa shape index (κ3) is 4.74. The van der Waals surface area contributed by atoms with E-state index in [1.165, 1.54) is 0 Å². The highest BCUT2D eigenvalue weighted by molar-refractivity contribution is 6.04. The molecule has 3 unspecified atom stereocenters. The lowest BCUT2D eigenvalue weighted by atomic mass is 9.91. The first-order valence-electron chi connectivity index (χ1n) is 8.94. The molecule has 0 spiro atoms. The highest BCUT2D eigenvalue weighted by Gasteiger charge is 2.35. The van der Waals surface area contributed by atoms with Gasteiger partial charge < -0.3 is 16.1 Å². The molecule has 3 atom stereocenters. The molecule has 3 rings (SSSR count). The third-order valence-electron chi connectivity index (χ3n) is 4.60. The maximum absolute atomic E-state index is 13.4. The lowest BCUT2D eigenvalue weighted by Crippen LogP contribution is -2.52. The molecule has 2 aliphatic heterocycles. The minimum absolute atomic E-state index is 0.0834. The van der Waals surface area contributed by atoms with Crippen molar-refractivity contribution in [1.82, 2.24) is 21.0 Å². The first kappa shape index (κ1) is 18.7. The summed E-state index contributed by atoms with van der Waals surface area (Å²) in [5.74, 6) is -2.55. The number of alkyl halides is 2. The molecule has 1 saturated heterocycles. The number of hydrogen-bond acceptors (Lipinski definition) is 5. The Morgan fingerprint density at radius 3 is 2.85 bits per heavy atom. The van der Waals surface area contributed by atoms with Crippen LogP contribution < -0.4 is 16.1 Å².